The lowest BCUT2D eigenvalue weighted by molar-refractivity contribution is -0.124. The number of benzene rings is 2. The summed E-state index contributed by atoms with van der Waals surface area (Å²) in [5.41, 5.74) is 0.629. The number of rotatable bonds is 4. The van der Waals surface area contributed by atoms with Crippen molar-refractivity contribution < 1.29 is 14.3 Å². The third-order valence-electron chi connectivity index (χ3n) is 3.68. The number of anilines is 1. The number of para-hydroxylation sites is 1. The average Bonchev–Trinajstić information content (AvgIpc) is 2.60. The molecule has 124 valence electrons. The molecule has 0 aliphatic carbocycles. The summed E-state index contributed by atoms with van der Waals surface area (Å²) in [6, 6.07) is 15.6. The van der Waals surface area contributed by atoms with E-state index in [-0.39, 0.29) is 5.91 Å². The maximum absolute atomic E-state index is 12.0. The summed E-state index contributed by atoms with van der Waals surface area (Å²) in [5, 5.41) is 8.13. The second kappa shape index (κ2) is 7.50. The normalized spacial score (nSPS) is 16.8. The third-order valence-corrected chi connectivity index (χ3v) is 3.68. The molecule has 1 heterocycles. The second-order valence-corrected chi connectivity index (χ2v) is 5.52. The van der Waals surface area contributed by atoms with Crippen LogP contribution in [0.15, 0.2) is 54.6 Å². The van der Waals surface area contributed by atoms with Crippen molar-refractivity contribution in [3.8, 4) is 11.5 Å². The number of hydrogen-bond donors (Lipinski definition) is 3. The van der Waals surface area contributed by atoms with E-state index in [0.29, 0.717) is 24.4 Å². The molecule has 0 radical (unpaired) electrons. The monoisotopic (exact) mass is 325 g/mol. The Kier molecular flexibility index (Phi) is 4.96. The van der Waals surface area contributed by atoms with Crippen LogP contribution in [0.2, 0.25) is 0 Å². The van der Waals surface area contributed by atoms with Crippen molar-refractivity contribution in [3.63, 3.8) is 0 Å². The van der Waals surface area contributed by atoms with Crippen molar-refractivity contribution in [1.82, 2.24) is 10.6 Å². The van der Waals surface area contributed by atoms with Gasteiger partial charge in [-0.25, -0.2) is 4.79 Å². The molecule has 6 nitrogen and oxygen atoms in total. The Hall–Kier alpha value is -3.02. The van der Waals surface area contributed by atoms with Crippen LogP contribution in [0.3, 0.4) is 0 Å². The summed E-state index contributed by atoms with van der Waals surface area (Å²) in [7, 11) is 0. The van der Waals surface area contributed by atoms with E-state index in [1.54, 1.807) is 24.3 Å². The van der Waals surface area contributed by atoms with Gasteiger partial charge in [-0.3, -0.25) is 4.79 Å². The zero-order valence-corrected chi connectivity index (χ0v) is 13.1. The zero-order valence-electron chi connectivity index (χ0n) is 13.1. The zero-order chi connectivity index (χ0) is 16.8. The third kappa shape index (κ3) is 4.25. The molecule has 2 aromatic rings. The van der Waals surface area contributed by atoms with E-state index in [1.165, 1.54) is 0 Å². The fraction of sp³-hybridized carbons (Fsp3) is 0.222. The molecule has 0 saturated carbocycles. The predicted molar refractivity (Wildman–Crippen MR) is 91.1 cm³/mol. The number of piperidine rings is 1. The van der Waals surface area contributed by atoms with Gasteiger partial charge >= 0.3 is 6.03 Å². The van der Waals surface area contributed by atoms with Crippen molar-refractivity contribution in [2.75, 3.05) is 11.9 Å². The lowest BCUT2D eigenvalue weighted by Crippen LogP contribution is -2.51. The van der Waals surface area contributed by atoms with Crippen LogP contribution in [0.1, 0.15) is 12.8 Å². The van der Waals surface area contributed by atoms with E-state index in [4.69, 9.17) is 4.74 Å². The van der Waals surface area contributed by atoms with E-state index < -0.39 is 12.1 Å². The van der Waals surface area contributed by atoms with Crippen LogP contribution in [0.5, 0.6) is 11.5 Å². The van der Waals surface area contributed by atoms with Gasteiger partial charge in [0, 0.05) is 12.2 Å². The summed E-state index contributed by atoms with van der Waals surface area (Å²) in [6.45, 7) is 0.668. The quantitative estimate of drug-likeness (QED) is 0.808. The van der Waals surface area contributed by atoms with Gasteiger partial charge in [0.15, 0.2) is 0 Å². The van der Waals surface area contributed by atoms with Crippen molar-refractivity contribution in [3.05, 3.63) is 54.6 Å². The standard InChI is InChI=1S/C18H19N3O3/c22-17-16(7-4-12-19-17)21-18(23)20-13-8-10-15(11-9-13)24-14-5-2-1-3-6-14/h1-3,5-6,8-11,16H,4,7,12H2,(H,19,22)(H2,20,21,23)/t16-/m0/s1. The van der Waals surface area contributed by atoms with Gasteiger partial charge in [0.1, 0.15) is 17.5 Å². The molecular weight excluding hydrogens is 306 g/mol. The number of carbonyl (C=O) groups excluding carboxylic acids is 2. The molecule has 0 unspecified atom stereocenters. The lowest BCUT2D eigenvalue weighted by Gasteiger charge is -2.22. The Morgan fingerprint density at radius 3 is 2.46 bits per heavy atom. The van der Waals surface area contributed by atoms with E-state index in [9.17, 15) is 9.59 Å². The van der Waals surface area contributed by atoms with Gasteiger partial charge in [-0.05, 0) is 49.2 Å². The van der Waals surface area contributed by atoms with Gasteiger partial charge in [-0.1, -0.05) is 18.2 Å². The Balaban J connectivity index is 1.54. The summed E-state index contributed by atoms with van der Waals surface area (Å²) in [5.74, 6) is 1.29. The van der Waals surface area contributed by atoms with Gasteiger partial charge in [0.05, 0.1) is 0 Å². The number of amides is 3. The minimum absolute atomic E-state index is 0.136. The van der Waals surface area contributed by atoms with Gasteiger partial charge < -0.3 is 20.7 Å². The molecule has 0 aromatic heterocycles. The van der Waals surface area contributed by atoms with E-state index in [1.807, 2.05) is 30.3 Å². The molecule has 3 amide bonds. The molecule has 1 aliphatic heterocycles. The fourth-order valence-corrected chi connectivity index (χ4v) is 2.47. The highest BCUT2D eigenvalue weighted by molar-refractivity contribution is 5.93. The number of carbonyl (C=O) groups is 2. The first kappa shape index (κ1) is 15.9. The molecule has 3 N–H and O–H groups in total. The van der Waals surface area contributed by atoms with E-state index in [2.05, 4.69) is 16.0 Å². The molecule has 0 bridgehead atoms. The van der Waals surface area contributed by atoms with Gasteiger partial charge in [-0.2, -0.15) is 0 Å². The molecule has 1 saturated heterocycles. The van der Waals surface area contributed by atoms with Crippen molar-refractivity contribution in [1.29, 1.82) is 0 Å². The fourth-order valence-electron chi connectivity index (χ4n) is 2.47. The summed E-state index contributed by atoms with van der Waals surface area (Å²) >= 11 is 0. The van der Waals surface area contributed by atoms with Gasteiger partial charge in [0.2, 0.25) is 5.91 Å². The maximum Gasteiger partial charge on any atom is 0.319 e. The predicted octanol–water partition coefficient (Wildman–Crippen LogP) is 2.88. The van der Waals surface area contributed by atoms with Crippen LogP contribution in [0.4, 0.5) is 10.5 Å². The maximum atomic E-state index is 12.0. The molecular formula is C18H19N3O3. The van der Waals surface area contributed by atoms with Crippen LogP contribution in [-0.2, 0) is 4.79 Å². The SMILES string of the molecule is O=C(Nc1ccc(Oc2ccccc2)cc1)N[C@H]1CCCNC1=O. The van der Waals surface area contributed by atoms with Gasteiger partial charge in [0.25, 0.3) is 0 Å². The smallest absolute Gasteiger partial charge is 0.319 e. The largest absolute Gasteiger partial charge is 0.457 e. The van der Waals surface area contributed by atoms with Gasteiger partial charge in [-0.15, -0.1) is 0 Å². The van der Waals surface area contributed by atoms with Crippen molar-refractivity contribution in [2.45, 2.75) is 18.9 Å². The molecule has 1 atom stereocenters. The summed E-state index contributed by atoms with van der Waals surface area (Å²) in [4.78, 5) is 23.6. The van der Waals surface area contributed by atoms with Crippen molar-refractivity contribution in [2.24, 2.45) is 0 Å². The molecule has 1 fully saturated rings. The molecule has 0 spiro atoms. The highest BCUT2D eigenvalue weighted by Crippen LogP contribution is 2.22. The molecule has 3 rings (SSSR count). The van der Waals surface area contributed by atoms with Crippen LogP contribution < -0.4 is 20.7 Å². The first-order valence-corrected chi connectivity index (χ1v) is 7.89. The van der Waals surface area contributed by atoms with E-state index in [0.717, 1.165) is 12.2 Å². The first-order valence-electron chi connectivity index (χ1n) is 7.89. The highest BCUT2D eigenvalue weighted by Gasteiger charge is 2.23. The minimum atomic E-state index is -0.473. The Morgan fingerprint density at radius 1 is 1.04 bits per heavy atom. The highest BCUT2D eigenvalue weighted by atomic mass is 16.5. The van der Waals surface area contributed by atoms with Crippen LogP contribution in [0, 0.1) is 0 Å². The number of hydrogen-bond acceptors (Lipinski definition) is 3. The van der Waals surface area contributed by atoms with Crippen LogP contribution in [-0.4, -0.2) is 24.5 Å². The summed E-state index contributed by atoms with van der Waals surface area (Å²) < 4.78 is 5.69. The van der Waals surface area contributed by atoms with Crippen LogP contribution in [0.25, 0.3) is 0 Å². The molecule has 2 aromatic carbocycles. The minimum Gasteiger partial charge on any atom is -0.457 e. The Bertz CT molecular complexity index is 701. The first-order chi connectivity index (χ1) is 11.7. The average molecular weight is 325 g/mol. The topological polar surface area (TPSA) is 79.5 Å². The lowest BCUT2D eigenvalue weighted by atomic mass is 10.1. The summed E-state index contributed by atoms with van der Waals surface area (Å²) in [6.07, 6.45) is 1.52. The number of urea groups is 1. The van der Waals surface area contributed by atoms with Crippen molar-refractivity contribution >= 4 is 17.6 Å². The Labute approximate surface area is 140 Å². The molecule has 6 heteroatoms. The number of nitrogens with one attached hydrogen (secondary N) is 3. The molecule has 1 aliphatic rings. The van der Waals surface area contributed by atoms with Crippen LogP contribution >= 0.6 is 0 Å². The van der Waals surface area contributed by atoms with E-state index >= 15 is 0 Å². The second-order valence-electron chi connectivity index (χ2n) is 5.52. The number of ether oxygens (including phenoxy) is 1. The molecule has 24 heavy (non-hydrogen) atoms. The Morgan fingerprint density at radius 2 is 1.75 bits per heavy atom.